The molecular weight excluding hydrogens is 440 g/mol. The molecule has 0 aliphatic carbocycles. The van der Waals surface area contributed by atoms with E-state index in [1.165, 1.54) is 0 Å². The number of carbonyl (C=O) groups is 2. The van der Waals surface area contributed by atoms with Crippen LogP contribution in [0.4, 0.5) is 5.82 Å². The van der Waals surface area contributed by atoms with Gasteiger partial charge in [0.2, 0.25) is 0 Å². The van der Waals surface area contributed by atoms with Gasteiger partial charge in [0.05, 0.1) is 12.2 Å². The minimum Gasteiger partial charge on any atom is -0.462 e. The predicted octanol–water partition coefficient (Wildman–Crippen LogP) is 4.22. The van der Waals surface area contributed by atoms with E-state index in [1.54, 1.807) is 19.2 Å². The van der Waals surface area contributed by atoms with Crippen LogP contribution < -0.4 is 4.90 Å². The third kappa shape index (κ3) is 4.75. The molecule has 3 heterocycles. The minimum atomic E-state index is -0.368. The van der Waals surface area contributed by atoms with Gasteiger partial charge in [0.15, 0.2) is 0 Å². The maximum atomic E-state index is 13.6. The molecule has 35 heavy (non-hydrogen) atoms. The third-order valence-electron chi connectivity index (χ3n) is 6.36. The quantitative estimate of drug-likeness (QED) is 0.396. The van der Waals surface area contributed by atoms with Crippen LogP contribution >= 0.6 is 0 Å². The van der Waals surface area contributed by atoms with Crippen molar-refractivity contribution >= 4 is 28.6 Å². The van der Waals surface area contributed by atoms with Gasteiger partial charge in [-0.1, -0.05) is 48.5 Å². The Morgan fingerprint density at radius 3 is 2.37 bits per heavy atom. The number of para-hydroxylation sites is 1. The van der Waals surface area contributed by atoms with Gasteiger partial charge in [-0.2, -0.15) is 0 Å². The normalized spacial score (nSPS) is 13.7. The number of esters is 1. The van der Waals surface area contributed by atoms with Crippen molar-refractivity contribution in [3.63, 3.8) is 0 Å². The number of anilines is 1. The Kier molecular flexibility index (Phi) is 6.48. The van der Waals surface area contributed by atoms with E-state index in [0.717, 1.165) is 22.3 Å². The number of benzene rings is 2. The molecule has 4 aromatic rings. The zero-order valence-electron chi connectivity index (χ0n) is 19.8. The average Bonchev–Trinajstić information content (AvgIpc) is 3.27. The summed E-state index contributed by atoms with van der Waals surface area (Å²) in [6.45, 7) is 5.32. The molecule has 0 unspecified atom stereocenters. The Balaban J connectivity index is 1.31. The number of ether oxygens (including phenoxy) is 1. The Morgan fingerprint density at radius 1 is 0.914 bits per heavy atom. The summed E-state index contributed by atoms with van der Waals surface area (Å²) in [5.74, 6) is 0.471. The van der Waals surface area contributed by atoms with Gasteiger partial charge in [0, 0.05) is 49.8 Å². The summed E-state index contributed by atoms with van der Waals surface area (Å²) in [7, 11) is 0. The highest BCUT2D eigenvalue weighted by Gasteiger charge is 2.26. The highest BCUT2D eigenvalue weighted by molar-refractivity contribution is 5.99. The predicted molar refractivity (Wildman–Crippen MR) is 136 cm³/mol. The summed E-state index contributed by atoms with van der Waals surface area (Å²) >= 11 is 0. The van der Waals surface area contributed by atoms with Gasteiger partial charge < -0.3 is 19.1 Å². The van der Waals surface area contributed by atoms with E-state index < -0.39 is 0 Å². The molecule has 1 aliphatic heterocycles. The zero-order chi connectivity index (χ0) is 24.2. The molecular formula is C28H28N4O3. The number of amides is 1. The Bertz CT molecular complexity index is 1320. The third-order valence-corrected chi connectivity index (χ3v) is 6.36. The fourth-order valence-electron chi connectivity index (χ4n) is 4.53. The Morgan fingerprint density at radius 2 is 1.66 bits per heavy atom. The van der Waals surface area contributed by atoms with Crippen LogP contribution in [0.3, 0.4) is 0 Å². The first-order valence-corrected chi connectivity index (χ1v) is 11.9. The molecule has 1 amide bonds. The van der Waals surface area contributed by atoms with E-state index in [0.29, 0.717) is 50.6 Å². The molecule has 7 heteroatoms. The van der Waals surface area contributed by atoms with Crippen LogP contribution in [0, 0.1) is 0 Å². The molecule has 0 bridgehead atoms. The number of hydrogen-bond donors (Lipinski definition) is 0. The van der Waals surface area contributed by atoms with Crippen molar-refractivity contribution in [2.45, 2.75) is 13.5 Å². The first-order valence-electron chi connectivity index (χ1n) is 11.9. The Labute approximate surface area is 204 Å². The van der Waals surface area contributed by atoms with Gasteiger partial charge >= 0.3 is 5.97 Å². The first-order chi connectivity index (χ1) is 17.1. The molecule has 0 spiro atoms. The van der Waals surface area contributed by atoms with Gasteiger partial charge in [-0.05, 0) is 36.8 Å². The second kappa shape index (κ2) is 10.0. The summed E-state index contributed by atoms with van der Waals surface area (Å²) in [6.07, 6.45) is 1.55. The number of rotatable bonds is 6. The van der Waals surface area contributed by atoms with E-state index in [-0.39, 0.29) is 11.9 Å². The smallest absolute Gasteiger partial charge is 0.339 e. The second-order valence-electron chi connectivity index (χ2n) is 8.56. The number of piperazine rings is 1. The maximum Gasteiger partial charge on any atom is 0.339 e. The van der Waals surface area contributed by atoms with Gasteiger partial charge in [-0.15, -0.1) is 0 Å². The van der Waals surface area contributed by atoms with Crippen molar-refractivity contribution in [3.8, 4) is 0 Å². The molecule has 1 aliphatic rings. The van der Waals surface area contributed by atoms with Gasteiger partial charge in [-0.25, -0.2) is 9.78 Å². The number of carbonyl (C=O) groups excluding carboxylic acids is 2. The van der Waals surface area contributed by atoms with Crippen molar-refractivity contribution < 1.29 is 14.3 Å². The van der Waals surface area contributed by atoms with Gasteiger partial charge in [0.1, 0.15) is 11.5 Å². The lowest BCUT2D eigenvalue weighted by molar-refractivity contribution is 0.0525. The summed E-state index contributed by atoms with van der Waals surface area (Å²) in [6, 6.07) is 23.9. The van der Waals surface area contributed by atoms with Crippen molar-refractivity contribution in [1.29, 1.82) is 0 Å². The van der Waals surface area contributed by atoms with Crippen molar-refractivity contribution in [2.24, 2.45) is 0 Å². The molecule has 5 rings (SSSR count). The largest absolute Gasteiger partial charge is 0.462 e. The summed E-state index contributed by atoms with van der Waals surface area (Å²) in [5, 5.41) is 1.07. The first kappa shape index (κ1) is 22.7. The SMILES string of the molecule is CCOC(=O)c1ccc(N2CCN(C(=O)c3cc4ccccc4n3Cc3ccccc3)CC2)nc1. The summed E-state index contributed by atoms with van der Waals surface area (Å²) in [4.78, 5) is 34.0. The van der Waals surface area contributed by atoms with Crippen LogP contribution in [0.2, 0.25) is 0 Å². The van der Waals surface area contributed by atoms with Crippen molar-refractivity contribution in [3.05, 3.63) is 95.8 Å². The summed E-state index contributed by atoms with van der Waals surface area (Å²) < 4.78 is 7.15. The molecule has 1 fully saturated rings. The number of aromatic nitrogens is 2. The number of nitrogens with zero attached hydrogens (tertiary/aromatic N) is 4. The van der Waals surface area contributed by atoms with Crippen LogP contribution in [-0.4, -0.2) is 59.1 Å². The fraction of sp³-hybridized carbons (Fsp3) is 0.250. The van der Waals surface area contributed by atoms with E-state index >= 15 is 0 Å². The second-order valence-corrected chi connectivity index (χ2v) is 8.56. The lowest BCUT2D eigenvalue weighted by Crippen LogP contribution is -2.49. The van der Waals surface area contributed by atoms with Gasteiger partial charge in [-0.3, -0.25) is 4.79 Å². The van der Waals surface area contributed by atoms with E-state index in [2.05, 4.69) is 38.7 Å². The maximum absolute atomic E-state index is 13.6. The molecule has 0 saturated carbocycles. The lowest BCUT2D eigenvalue weighted by Gasteiger charge is -2.35. The highest BCUT2D eigenvalue weighted by atomic mass is 16.5. The monoisotopic (exact) mass is 468 g/mol. The van der Waals surface area contributed by atoms with Crippen LogP contribution in [0.25, 0.3) is 10.9 Å². The number of hydrogen-bond acceptors (Lipinski definition) is 5. The number of fused-ring (bicyclic) bond motifs is 1. The molecule has 1 saturated heterocycles. The van der Waals surface area contributed by atoms with Crippen LogP contribution in [0.15, 0.2) is 79.0 Å². The van der Waals surface area contributed by atoms with Crippen molar-refractivity contribution in [1.82, 2.24) is 14.5 Å². The molecule has 0 atom stereocenters. The van der Waals surface area contributed by atoms with E-state index in [1.807, 2.05) is 47.4 Å². The zero-order valence-corrected chi connectivity index (χ0v) is 19.8. The van der Waals surface area contributed by atoms with E-state index in [4.69, 9.17) is 4.74 Å². The van der Waals surface area contributed by atoms with Crippen LogP contribution in [0.5, 0.6) is 0 Å². The molecule has 2 aromatic carbocycles. The molecule has 178 valence electrons. The Hall–Kier alpha value is -4.13. The molecule has 2 aromatic heterocycles. The van der Waals surface area contributed by atoms with Crippen molar-refractivity contribution in [2.75, 3.05) is 37.7 Å². The fourth-order valence-corrected chi connectivity index (χ4v) is 4.53. The summed E-state index contributed by atoms with van der Waals surface area (Å²) in [5.41, 5.74) is 3.37. The number of pyridine rings is 1. The minimum absolute atomic E-state index is 0.0439. The standard InChI is InChI=1S/C28H28N4O3/c1-2-35-28(34)23-12-13-26(29-19-23)30-14-16-31(17-15-30)27(33)25-18-22-10-6-7-11-24(22)32(25)20-21-8-4-3-5-9-21/h3-13,18-19H,2,14-17,20H2,1H3. The van der Waals surface area contributed by atoms with E-state index in [9.17, 15) is 9.59 Å². The highest BCUT2D eigenvalue weighted by Crippen LogP contribution is 2.24. The molecule has 7 nitrogen and oxygen atoms in total. The molecule has 0 N–H and O–H groups in total. The lowest BCUT2D eigenvalue weighted by atomic mass is 10.2. The average molecular weight is 469 g/mol. The van der Waals surface area contributed by atoms with Gasteiger partial charge in [0.25, 0.3) is 5.91 Å². The topological polar surface area (TPSA) is 67.7 Å². The molecule has 0 radical (unpaired) electrons. The van der Waals surface area contributed by atoms with Crippen LogP contribution in [-0.2, 0) is 11.3 Å². The van der Waals surface area contributed by atoms with Crippen LogP contribution in [0.1, 0.15) is 33.3 Å².